The lowest BCUT2D eigenvalue weighted by atomic mass is 9.72. The van der Waals surface area contributed by atoms with Crippen molar-refractivity contribution in [1.29, 1.82) is 0 Å². The van der Waals surface area contributed by atoms with E-state index in [9.17, 15) is 4.79 Å². The first-order valence-electron chi connectivity index (χ1n) is 14.4. The molecule has 0 saturated heterocycles. The van der Waals surface area contributed by atoms with E-state index in [2.05, 4.69) is 95.5 Å². The Morgan fingerprint density at radius 1 is 1.00 bits per heavy atom. The first-order chi connectivity index (χ1) is 17.9. The standard InChI is InChI=1S/C33H46O2.C2H4/c1-5-7-9-14-22-33(3,4)28-19-21-30(32(23-28)35-25-26-15-12-10-13-16-26)31-24-29(34)20-18-27(31)17-11-8-6-2;1-2/h8,10-13,15-16,19,21,23,27,31H,5-7,9,14,17-18,20,22,24-25H2,1-4H3;1-2H2/t27-,31-;/m1./s1. The molecule has 1 fully saturated rings. The smallest absolute Gasteiger partial charge is 0.133 e. The SMILES string of the molecule is C=C.CCC=CC[C@@H]1CCC(=O)C[C@H]1c1ccc(C(C)(C)CCCCCC)cc1OCc1ccccc1. The van der Waals surface area contributed by atoms with Gasteiger partial charge in [-0.15, -0.1) is 13.2 Å². The number of hydrogen-bond acceptors (Lipinski definition) is 2. The summed E-state index contributed by atoms with van der Waals surface area (Å²) in [6.45, 7) is 15.7. The largest absolute Gasteiger partial charge is 0.489 e. The molecule has 2 nitrogen and oxygen atoms in total. The average molecular weight is 503 g/mol. The van der Waals surface area contributed by atoms with Crippen LogP contribution in [0.2, 0.25) is 0 Å². The summed E-state index contributed by atoms with van der Waals surface area (Å²) in [4.78, 5) is 12.6. The van der Waals surface area contributed by atoms with Crippen LogP contribution >= 0.6 is 0 Å². The van der Waals surface area contributed by atoms with Gasteiger partial charge >= 0.3 is 0 Å². The topological polar surface area (TPSA) is 26.3 Å². The average Bonchev–Trinajstić information content (AvgIpc) is 2.92. The van der Waals surface area contributed by atoms with Gasteiger partial charge in [-0.3, -0.25) is 4.79 Å². The molecule has 2 aromatic rings. The molecule has 0 aliphatic heterocycles. The van der Waals surface area contributed by atoms with E-state index in [1.807, 2.05) is 6.07 Å². The van der Waals surface area contributed by atoms with Gasteiger partial charge < -0.3 is 4.74 Å². The van der Waals surface area contributed by atoms with Crippen molar-refractivity contribution in [3.8, 4) is 5.75 Å². The Bertz CT molecular complexity index is 956. The van der Waals surface area contributed by atoms with Crippen LogP contribution < -0.4 is 4.74 Å². The molecule has 3 rings (SSSR count). The molecule has 1 aliphatic rings. The van der Waals surface area contributed by atoms with Crippen LogP contribution in [0.15, 0.2) is 73.8 Å². The highest BCUT2D eigenvalue weighted by molar-refractivity contribution is 5.80. The second kappa shape index (κ2) is 16.3. The normalized spacial score (nSPS) is 17.9. The lowest BCUT2D eigenvalue weighted by molar-refractivity contribution is -0.121. The maximum absolute atomic E-state index is 12.6. The highest BCUT2D eigenvalue weighted by Gasteiger charge is 2.32. The molecule has 202 valence electrons. The monoisotopic (exact) mass is 502 g/mol. The Kier molecular flexibility index (Phi) is 13.5. The van der Waals surface area contributed by atoms with Crippen molar-refractivity contribution in [3.63, 3.8) is 0 Å². The van der Waals surface area contributed by atoms with E-state index in [4.69, 9.17) is 4.74 Å². The van der Waals surface area contributed by atoms with Gasteiger partial charge in [0, 0.05) is 12.8 Å². The lowest BCUT2D eigenvalue weighted by Crippen LogP contribution is -2.24. The summed E-state index contributed by atoms with van der Waals surface area (Å²) in [7, 11) is 0. The Morgan fingerprint density at radius 2 is 1.76 bits per heavy atom. The van der Waals surface area contributed by atoms with E-state index in [-0.39, 0.29) is 11.3 Å². The molecule has 0 unspecified atom stereocenters. The van der Waals surface area contributed by atoms with Gasteiger partial charge in [0.1, 0.15) is 18.1 Å². The summed E-state index contributed by atoms with van der Waals surface area (Å²) >= 11 is 0. The second-order valence-electron chi connectivity index (χ2n) is 11.0. The van der Waals surface area contributed by atoms with Crippen LogP contribution in [0.5, 0.6) is 5.75 Å². The summed E-state index contributed by atoms with van der Waals surface area (Å²) in [5, 5.41) is 0. The highest BCUT2D eigenvalue weighted by Crippen LogP contribution is 2.44. The summed E-state index contributed by atoms with van der Waals surface area (Å²) in [5.74, 6) is 2.07. The number of Topliss-reactive ketones (excluding diaryl/α,β-unsaturated/α-hetero) is 1. The molecule has 0 spiro atoms. The van der Waals surface area contributed by atoms with Crippen molar-refractivity contribution in [3.05, 3.63) is 90.5 Å². The van der Waals surface area contributed by atoms with Gasteiger partial charge in [-0.05, 0) is 65.7 Å². The van der Waals surface area contributed by atoms with Crippen LogP contribution in [0, 0.1) is 5.92 Å². The second-order valence-corrected chi connectivity index (χ2v) is 11.0. The zero-order chi connectivity index (χ0) is 27.1. The summed E-state index contributed by atoms with van der Waals surface area (Å²) in [5.41, 5.74) is 3.83. The third-order valence-corrected chi connectivity index (χ3v) is 7.74. The zero-order valence-corrected chi connectivity index (χ0v) is 23.9. The van der Waals surface area contributed by atoms with Crippen LogP contribution in [-0.2, 0) is 16.8 Å². The minimum Gasteiger partial charge on any atom is -0.489 e. The van der Waals surface area contributed by atoms with Gasteiger partial charge in [-0.2, -0.15) is 0 Å². The number of ketones is 1. The maximum atomic E-state index is 12.6. The Balaban J connectivity index is 0.00000235. The molecule has 1 saturated carbocycles. The Hall–Kier alpha value is -2.61. The minimum atomic E-state index is 0.1000. The van der Waals surface area contributed by atoms with Crippen LogP contribution in [0.3, 0.4) is 0 Å². The number of hydrogen-bond donors (Lipinski definition) is 0. The highest BCUT2D eigenvalue weighted by atomic mass is 16.5. The number of allylic oxidation sites excluding steroid dienone is 2. The molecule has 0 amide bonds. The number of carbonyl (C=O) groups excluding carboxylic acids is 1. The molecular weight excluding hydrogens is 452 g/mol. The maximum Gasteiger partial charge on any atom is 0.133 e. The van der Waals surface area contributed by atoms with Gasteiger partial charge in [0.25, 0.3) is 0 Å². The Labute approximate surface area is 227 Å². The predicted molar refractivity (Wildman–Crippen MR) is 159 cm³/mol. The van der Waals surface area contributed by atoms with Crippen molar-refractivity contribution in [2.75, 3.05) is 0 Å². The molecule has 0 N–H and O–H groups in total. The fourth-order valence-corrected chi connectivity index (χ4v) is 5.41. The third-order valence-electron chi connectivity index (χ3n) is 7.74. The van der Waals surface area contributed by atoms with Gasteiger partial charge in [0.2, 0.25) is 0 Å². The van der Waals surface area contributed by atoms with E-state index in [1.165, 1.54) is 48.8 Å². The van der Waals surface area contributed by atoms with Gasteiger partial charge in [0.05, 0.1) is 0 Å². The number of ether oxygens (including phenoxy) is 1. The fourth-order valence-electron chi connectivity index (χ4n) is 5.41. The fraction of sp³-hybridized carbons (Fsp3) is 0.514. The molecular formula is C35H50O2. The van der Waals surface area contributed by atoms with Crippen molar-refractivity contribution < 1.29 is 9.53 Å². The van der Waals surface area contributed by atoms with E-state index in [0.717, 1.165) is 25.0 Å². The van der Waals surface area contributed by atoms with E-state index >= 15 is 0 Å². The van der Waals surface area contributed by atoms with Crippen LogP contribution in [-0.4, -0.2) is 5.78 Å². The van der Waals surface area contributed by atoms with E-state index < -0.39 is 0 Å². The molecule has 0 heterocycles. The first kappa shape index (κ1) is 30.6. The van der Waals surface area contributed by atoms with Crippen molar-refractivity contribution >= 4 is 5.78 Å². The van der Waals surface area contributed by atoms with E-state index in [1.54, 1.807) is 0 Å². The summed E-state index contributed by atoms with van der Waals surface area (Å²) in [6, 6.07) is 17.3. The molecule has 37 heavy (non-hydrogen) atoms. The number of rotatable bonds is 13. The first-order valence-corrected chi connectivity index (χ1v) is 14.4. The number of carbonyl (C=O) groups is 1. The molecule has 0 bridgehead atoms. The number of benzene rings is 2. The third kappa shape index (κ3) is 9.65. The van der Waals surface area contributed by atoms with Gasteiger partial charge in [-0.1, -0.05) is 108 Å². The van der Waals surface area contributed by atoms with Crippen LogP contribution in [0.1, 0.15) is 115 Å². The molecule has 0 radical (unpaired) electrons. The molecule has 0 aromatic heterocycles. The van der Waals surface area contributed by atoms with Crippen molar-refractivity contribution in [1.82, 2.24) is 0 Å². The van der Waals surface area contributed by atoms with Gasteiger partial charge in [0.15, 0.2) is 0 Å². The zero-order valence-electron chi connectivity index (χ0n) is 23.9. The van der Waals surface area contributed by atoms with Crippen LogP contribution in [0.25, 0.3) is 0 Å². The quantitative estimate of drug-likeness (QED) is 0.201. The summed E-state index contributed by atoms with van der Waals surface area (Å²) < 4.78 is 6.54. The van der Waals surface area contributed by atoms with Crippen LogP contribution in [0.4, 0.5) is 0 Å². The van der Waals surface area contributed by atoms with Crippen molar-refractivity contribution in [2.45, 2.75) is 110 Å². The lowest BCUT2D eigenvalue weighted by Gasteiger charge is -2.33. The summed E-state index contributed by atoms with van der Waals surface area (Å²) in [6.07, 6.45) is 15.3. The van der Waals surface area contributed by atoms with Gasteiger partial charge in [-0.25, -0.2) is 0 Å². The van der Waals surface area contributed by atoms with E-state index in [0.29, 0.717) is 31.1 Å². The van der Waals surface area contributed by atoms with Crippen molar-refractivity contribution in [2.24, 2.45) is 5.92 Å². The predicted octanol–water partition coefficient (Wildman–Crippen LogP) is 10.1. The number of unbranched alkanes of at least 4 members (excludes halogenated alkanes) is 3. The molecule has 2 atom stereocenters. The minimum absolute atomic E-state index is 0.1000. The molecule has 1 aliphatic carbocycles. The Morgan fingerprint density at radius 3 is 2.46 bits per heavy atom. The molecule has 2 aromatic carbocycles. The molecule has 2 heteroatoms.